The van der Waals surface area contributed by atoms with Crippen molar-refractivity contribution in [3.63, 3.8) is 0 Å². The number of nitro groups is 1. The Hall–Kier alpha value is -1.66. The third-order valence-corrected chi connectivity index (χ3v) is 3.03. The third kappa shape index (κ3) is 3.42. The van der Waals surface area contributed by atoms with Crippen molar-refractivity contribution in [1.29, 1.82) is 0 Å². The van der Waals surface area contributed by atoms with E-state index in [2.05, 4.69) is 5.32 Å². The lowest BCUT2D eigenvalue weighted by atomic mass is 10.2. The molecule has 0 spiro atoms. The molecule has 1 aromatic rings. The predicted molar refractivity (Wildman–Crippen MR) is 70.5 cm³/mol. The van der Waals surface area contributed by atoms with Gasteiger partial charge in [0.2, 0.25) is 0 Å². The van der Waals surface area contributed by atoms with Crippen LogP contribution in [0.1, 0.15) is 12.5 Å². The second-order valence-electron chi connectivity index (χ2n) is 4.72. The number of nitrogens with zero attached hydrogens (tertiary/aromatic N) is 1. The quantitative estimate of drug-likeness (QED) is 0.662. The molecule has 1 fully saturated rings. The molecule has 2 atom stereocenters. The van der Waals surface area contributed by atoms with Crippen molar-refractivity contribution in [1.82, 2.24) is 5.32 Å². The number of rotatable bonds is 4. The fourth-order valence-electron chi connectivity index (χ4n) is 2.12. The molecule has 1 N–H and O–H groups in total. The average Bonchev–Trinajstić information content (AvgIpc) is 2.37. The summed E-state index contributed by atoms with van der Waals surface area (Å²) in [7, 11) is 0. The molecular formula is C13H18N2O4. The number of para-hydroxylation sites is 1. The van der Waals surface area contributed by atoms with Crippen LogP contribution >= 0.6 is 0 Å². The van der Waals surface area contributed by atoms with Gasteiger partial charge in [0.1, 0.15) is 12.7 Å². The van der Waals surface area contributed by atoms with Crippen LogP contribution in [0.15, 0.2) is 18.2 Å². The van der Waals surface area contributed by atoms with E-state index in [1.165, 1.54) is 6.07 Å². The zero-order valence-corrected chi connectivity index (χ0v) is 11.1. The van der Waals surface area contributed by atoms with Gasteiger partial charge in [-0.1, -0.05) is 12.1 Å². The highest BCUT2D eigenvalue weighted by molar-refractivity contribution is 5.51. The Morgan fingerprint density at radius 1 is 1.53 bits per heavy atom. The van der Waals surface area contributed by atoms with Crippen LogP contribution in [0.25, 0.3) is 0 Å². The Labute approximate surface area is 111 Å². The molecule has 104 valence electrons. The molecule has 19 heavy (non-hydrogen) atoms. The first-order chi connectivity index (χ1) is 9.08. The molecule has 0 saturated carbocycles. The van der Waals surface area contributed by atoms with Crippen LogP contribution in [0.4, 0.5) is 5.69 Å². The van der Waals surface area contributed by atoms with E-state index in [1.807, 2.05) is 6.92 Å². The Balaban J connectivity index is 2.04. The van der Waals surface area contributed by atoms with Crippen molar-refractivity contribution >= 4 is 5.69 Å². The number of nitrogens with one attached hydrogen (secondary N) is 1. The SMILES string of the molecule is Cc1cccc([N+](=O)[O-])c1OCC1CNCC(C)O1. The molecular weight excluding hydrogens is 248 g/mol. The first-order valence-electron chi connectivity index (χ1n) is 6.31. The molecule has 1 aromatic carbocycles. The largest absolute Gasteiger partial charge is 0.484 e. The van der Waals surface area contributed by atoms with Gasteiger partial charge in [-0.15, -0.1) is 0 Å². The second kappa shape index (κ2) is 5.99. The van der Waals surface area contributed by atoms with Gasteiger partial charge in [-0.05, 0) is 19.4 Å². The molecule has 6 nitrogen and oxygen atoms in total. The summed E-state index contributed by atoms with van der Waals surface area (Å²) < 4.78 is 11.3. The maximum absolute atomic E-state index is 11.0. The molecule has 1 saturated heterocycles. The van der Waals surface area contributed by atoms with Gasteiger partial charge >= 0.3 is 5.69 Å². The van der Waals surface area contributed by atoms with Gasteiger partial charge < -0.3 is 14.8 Å². The third-order valence-electron chi connectivity index (χ3n) is 3.03. The lowest BCUT2D eigenvalue weighted by molar-refractivity contribution is -0.386. The van der Waals surface area contributed by atoms with Crippen LogP contribution in [-0.2, 0) is 4.74 Å². The van der Waals surface area contributed by atoms with Crippen LogP contribution < -0.4 is 10.1 Å². The average molecular weight is 266 g/mol. The van der Waals surface area contributed by atoms with E-state index in [-0.39, 0.29) is 17.9 Å². The fourth-order valence-corrected chi connectivity index (χ4v) is 2.12. The second-order valence-corrected chi connectivity index (χ2v) is 4.72. The summed E-state index contributed by atoms with van der Waals surface area (Å²) in [5.41, 5.74) is 0.753. The highest BCUT2D eigenvalue weighted by Gasteiger charge is 2.22. The summed E-state index contributed by atoms with van der Waals surface area (Å²) in [6.07, 6.45) is 0.0529. The summed E-state index contributed by atoms with van der Waals surface area (Å²) in [5.74, 6) is 0.328. The molecule has 1 aliphatic rings. The maximum atomic E-state index is 11.0. The zero-order valence-electron chi connectivity index (χ0n) is 11.1. The van der Waals surface area contributed by atoms with Crippen molar-refractivity contribution in [3.8, 4) is 5.75 Å². The van der Waals surface area contributed by atoms with E-state index < -0.39 is 4.92 Å². The molecule has 2 rings (SSSR count). The van der Waals surface area contributed by atoms with Crippen molar-refractivity contribution in [2.45, 2.75) is 26.1 Å². The lowest BCUT2D eigenvalue weighted by Gasteiger charge is -2.28. The number of hydrogen-bond acceptors (Lipinski definition) is 5. The van der Waals surface area contributed by atoms with Gasteiger partial charge in [-0.3, -0.25) is 10.1 Å². The molecule has 6 heteroatoms. The van der Waals surface area contributed by atoms with E-state index in [0.717, 1.165) is 12.1 Å². The van der Waals surface area contributed by atoms with E-state index in [0.29, 0.717) is 18.9 Å². The van der Waals surface area contributed by atoms with Crippen molar-refractivity contribution in [3.05, 3.63) is 33.9 Å². The summed E-state index contributed by atoms with van der Waals surface area (Å²) in [4.78, 5) is 10.5. The summed E-state index contributed by atoms with van der Waals surface area (Å²) in [6, 6.07) is 4.90. The van der Waals surface area contributed by atoms with E-state index in [9.17, 15) is 10.1 Å². The standard InChI is InChI=1S/C13H18N2O4/c1-9-4-3-5-12(15(16)17)13(9)18-8-11-7-14-6-10(2)19-11/h3-5,10-11,14H,6-8H2,1-2H3. The summed E-state index contributed by atoms with van der Waals surface area (Å²) >= 11 is 0. The molecule has 2 unspecified atom stereocenters. The minimum atomic E-state index is -0.426. The highest BCUT2D eigenvalue weighted by atomic mass is 16.6. The van der Waals surface area contributed by atoms with Gasteiger partial charge in [-0.25, -0.2) is 0 Å². The van der Waals surface area contributed by atoms with Crippen molar-refractivity contribution < 1.29 is 14.4 Å². The Morgan fingerprint density at radius 3 is 3.00 bits per heavy atom. The topological polar surface area (TPSA) is 73.6 Å². The molecule has 0 radical (unpaired) electrons. The first kappa shape index (κ1) is 13.8. The lowest BCUT2D eigenvalue weighted by Crippen LogP contribution is -2.45. The minimum absolute atomic E-state index is 0.00295. The van der Waals surface area contributed by atoms with Gasteiger partial charge in [0.15, 0.2) is 5.75 Å². The fraction of sp³-hybridized carbons (Fsp3) is 0.538. The molecule has 0 aliphatic carbocycles. The Bertz CT molecular complexity index is 464. The zero-order chi connectivity index (χ0) is 13.8. The molecule has 1 aliphatic heterocycles. The molecule has 1 heterocycles. The Morgan fingerprint density at radius 2 is 2.32 bits per heavy atom. The van der Waals surface area contributed by atoms with Gasteiger partial charge in [0, 0.05) is 19.2 Å². The summed E-state index contributed by atoms with van der Waals surface area (Å²) in [6.45, 7) is 5.61. The van der Waals surface area contributed by atoms with Crippen LogP contribution in [0.3, 0.4) is 0 Å². The van der Waals surface area contributed by atoms with Crippen LogP contribution in [-0.4, -0.2) is 36.8 Å². The number of hydrogen-bond donors (Lipinski definition) is 1. The van der Waals surface area contributed by atoms with Gasteiger partial charge in [0.05, 0.1) is 11.0 Å². The number of morpholine rings is 1. The number of nitro benzene ring substituents is 1. The number of ether oxygens (including phenoxy) is 2. The van der Waals surface area contributed by atoms with E-state index in [1.54, 1.807) is 19.1 Å². The number of benzene rings is 1. The number of aryl methyl sites for hydroxylation is 1. The Kier molecular flexibility index (Phi) is 4.34. The smallest absolute Gasteiger partial charge is 0.311 e. The molecule has 0 aromatic heterocycles. The molecule has 0 bridgehead atoms. The molecule has 0 amide bonds. The van der Waals surface area contributed by atoms with E-state index in [4.69, 9.17) is 9.47 Å². The first-order valence-corrected chi connectivity index (χ1v) is 6.31. The van der Waals surface area contributed by atoms with Crippen LogP contribution in [0.2, 0.25) is 0 Å². The highest BCUT2D eigenvalue weighted by Crippen LogP contribution is 2.30. The summed E-state index contributed by atoms with van der Waals surface area (Å²) in [5, 5.41) is 14.2. The van der Waals surface area contributed by atoms with Crippen molar-refractivity contribution in [2.24, 2.45) is 0 Å². The maximum Gasteiger partial charge on any atom is 0.311 e. The van der Waals surface area contributed by atoms with Gasteiger partial charge in [-0.2, -0.15) is 0 Å². The van der Waals surface area contributed by atoms with E-state index >= 15 is 0 Å². The van der Waals surface area contributed by atoms with Crippen LogP contribution in [0.5, 0.6) is 5.75 Å². The predicted octanol–water partition coefficient (Wildman–Crippen LogP) is 1.66. The minimum Gasteiger partial charge on any atom is -0.484 e. The monoisotopic (exact) mass is 266 g/mol. The van der Waals surface area contributed by atoms with Crippen LogP contribution in [0, 0.1) is 17.0 Å². The normalized spacial score (nSPS) is 23.1. The van der Waals surface area contributed by atoms with Crippen molar-refractivity contribution in [2.75, 3.05) is 19.7 Å². The van der Waals surface area contributed by atoms with Gasteiger partial charge in [0.25, 0.3) is 0 Å².